The Balaban J connectivity index is 1.64. The van der Waals surface area contributed by atoms with Crippen molar-refractivity contribution < 1.29 is 13.5 Å². The molecule has 154 valence electrons. The number of fused-ring (bicyclic) bond motifs is 1. The summed E-state index contributed by atoms with van der Waals surface area (Å²) in [5, 5.41) is 0. The van der Waals surface area contributed by atoms with Gasteiger partial charge in [-0.1, -0.05) is 18.2 Å². The van der Waals surface area contributed by atoms with Gasteiger partial charge in [0.2, 0.25) is 0 Å². The number of hydrogen-bond acceptors (Lipinski definition) is 5. The van der Waals surface area contributed by atoms with Crippen molar-refractivity contribution >= 4 is 11.0 Å². The van der Waals surface area contributed by atoms with Gasteiger partial charge in [-0.25, -0.2) is 14.4 Å². The van der Waals surface area contributed by atoms with Crippen LogP contribution in [0.5, 0.6) is 5.75 Å². The third-order valence-electron chi connectivity index (χ3n) is 5.23. The fourth-order valence-electron chi connectivity index (χ4n) is 3.67. The van der Waals surface area contributed by atoms with E-state index in [-0.39, 0.29) is 5.82 Å². The van der Waals surface area contributed by atoms with Crippen molar-refractivity contribution in [3.63, 3.8) is 0 Å². The molecule has 0 N–H and O–H groups in total. The molecule has 3 heterocycles. The molecule has 6 nitrogen and oxygen atoms in total. The summed E-state index contributed by atoms with van der Waals surface area (Å²) < 4.78 is 27.3. The second kappa shape index (κ2) is 7.36. The first-order chi connectivity index (χ1) is 15.0. The maximum atomic E-state index is 14.5. The summed E-state index contributed by atoms with van der Waals surface area (Å²) in [5.41, 5.74) is 4.38. The number of ether oxygens (including phenoxy) is 1. The van der Waals surface area contributed by atoms with Gasteiger partial charge in [-0.3, -0.25) is 4.98 Å². The van der Waals surface area contributed by atoms with Gasteiger partial charge in [0, 0.05) is 36.9 Å². The molecule has 0 aliphatic rings. The Hall–Kier alpha value is -4.00. The lowest BCUT2D eigenvalue weighted by Crippen LogP contribution is -1.93. The Morgan fingerprint density at radius 2 is 1.87 bits per heavy atom. The van der Waals surface area contributed by atoms with Gasteiger partial charge in [-0.2, -0.15) is 0 Å². The molecule has 0 aliphatic heterocycles. The number of rotatable bonds is 4. The summed E-state index contributed by atoms with van der Waals surface area (Å²) in [7, 11) is 3.50. The zero-order chi connectivity index (χ0) is 21.5. The molecule has 31 heavy (non-hydrogen) atoms. The second-order valence-electron chi connectivity index (χ2n) is 7.22. The third kappa shape index (κ3) is 3.34. The molecule has 7 heteroatoms. The van der Waals surface area contributed by atoms with Crippen molar-refractivity contribution in [2.45, 2.75) is 6.92 Å². The average molecular weight is 414 g/mol. The number of nitrogens with zero attached hydrogens (tertiary/aromatic N) is 4. The molecular formula is C24H19FN4O2. The Morgan fingerprint density at radius 1 is 1.00 bits per heavy atom. The molecule has 0 amide bonds. The molecule has 5 aromatic rings. The topological polar surface area (TPSA) is 66.0 Å². The Kier molecular flexibility index (Phi) is 4.51. The van der Waals surface area contributed by atoms with Gasteiger partial charge in [0.1, 0.15) is 23.1 Å². The number of imidazole rings is 1. The van der Waals surface area contributed by atoms with E-state index < -0.39 is 0 Å². The van der Waals surface area contributed by atoms with Crippen LogP contribution < -0.4 is 4.74 Å². The molecule has 0 saturated heterocycles. The molecule has 0 saturated carbocycles. The standard InChI is InChI=1S/C24H19FN4O2/c1-14-26-13-22(31-14)20-8-7-16(12-27-20)19-10-17(25)11-21-23(19)28-24(29(21)2)15-5-4-6-18(9-15)30-3/h4-13H,1-3H3. The van der Waals surface area contributed by atoms with Crippen molar-refractivity contribution in [1.82, 2.24) is 19.5 Å². The van der Waals surface area contributed by atoms with Gasteiger partial charge in [0.25, 0.3) is 0 Å². The minimum absolute atomic E-state index is 0.336. The highest BCUT2D eigenvalue weighted by Gasteiger charge is 2.17. The quantitative estimate of drug-likeness (QED) is 0.393. The minimum Gasteiger partial charge on any atom is -0.497 e. The molecule has 2 aromatic carbocycles. The highest BCUT2D eigenvalue weighted by atomic mass is 19.1. The zero-order valence-electron chi connectivity index (χ0n) is 17.3. The van der Waals surface area contributed by atoms with Gasteiger partial charge < -0.3 is 13.7 Å². The lowest BCUT2D eigenvalue weighted by atomic mass is 10.1. The van der Waals surface area contributed by atoms with Gasteiger partial charge in [0.15, 0.2) is 11.7 Å². The number of benzene rings is 2. The molecule has 0 fully saturated rings. The van der Waals surface area contributed by atoms with E-state index in [1.54, 1.807) is 26.4 Å². The van der Waals surface area contributed by atoms with Gasteiger partial charge in [-0.15, -0.1) is 0 Å². The van der Waals surface area contributed by atoms with Crippen LogP contribution in [-0.2, 0) is 7.05 Å². The third-order valence-corrected chi connectivity index (χ3v) is 5.23. The molecule has 3 aromatic heterocycles. The number of aryl methyl sites for hydroxylation is 2. The molecule has 0 atom stereocenters. The normalized spacial score (nSPS) is 11.2. The molecule has 0 aliphatic carbocycles. The number of aromatic nitrogens is 4. The number of pyridine rings is 1. The van der Waals surface area contributed by atoms with Crippen LogP contribution in [0.3, 0.4) is 0 Å². The maximum absolute atomic E-state index is 14.5. The Labute approximate surface area is 178 Å². The second-order valence-corrected chi connectivity index (χ2v) is 7.22. The van der Waals surface area contributed by atoms with E-state index in [4.69, 9.17) is 14.1 Å². The number of oxazole rings is 1. The molecular weight excluding hydrogens is 395 g/mol. The Bertz CT molecular complexity index is 1400. The van der Waals surface area contributed by atoms with Crippen LogP contribution in [0.25, 0.3) is 45.0 Å². The van der Waals surface area contributed by atoms with Crippen LogP contribution in [0, 0.1) is 12.7 Å². The van der Waals surface area contributed by atoms with Gasteiger partial charge in [-0.05, 0) is 30.3 Å². The van der Waals surface area contributed by atoms with Crippen molar-refractivity contribution in [3.05, 3.63) is 72.6 Å². The van der Waals surface area contributed by atoms with Crippen molar-refractivity contribution in [1.29, 1.82) is 0 Å². The SMILES string of the molecule is COc1cccc(-c2nc3c(-c4ccc(-c5cnc(C)o5)nc4)cc(F)cc3n2C)c1. The van der Waals surface area contributed by atoms with E-state index in [1.807, 2.05) is 48.0 Å². The zero-order valence-corrected chi connectivity index (χ0v) is 17.3. The molecule has 0 spiro atoms. The monoisotopic (exact) mass is 414 g/mol. The summed E-state index contributed by atoms with van der Waals surface area (Å²) in [6.45, 7) is 1.78. The number of halogens is 1. The van der Waals surface area contributed by atoms with Crippen molar-refractivity contribution in [3.8, 4) is 39.7 Å². The van der Waals surface area contributed by atoms with Crippen molar-refractivity contribution in [2.24, 2.45) is 7.05 Å². The first-order valence-electron chi connectivity index (χ1n) is 9.73. The predicted octanol–water partition coefficient (Wildman–Crippen LogP) is 5.41. The molecule has 5 rings (SSSR count). The van der Waals surface area contributed by atoms with Gasteiger partial charge in [0.05, 0.1) is 24.3 Å². The van der Waals surface area contributed by atoms with Crippen molar-refractivity contribution in [2.75, 3.05) is 7.11 Å². The smallest absolute Gasteiger partial charge is 0.191 e. The summed E-state index contributed by atoms with van der Waals surface area (Å²) >= 11 is 0. The van der Waals surface area contributed by atoms with Crippen LogP contribution in [0.1, 0.15) is 5.89 Å². The van der Waals surface area contributed by atoms with Crippen LogP contribution in [0.2, 0.25) is 0 Å². The highest BCUT2D eigenvalue weighted by molar-refractivity contribution is 5.94. The van der Waals surface area contributed by atoms with E-state index in [1.165, 1.54) is 12.1 Å². The van der Waals surface area contributed by atoms with Crippen LogP contribution >= 0.6 is 0 Å². The number of methoxy groups -OCH3 is 1. The van der Waals surface area contributed by atoms with Crippen LogP contribution in [-0.4, -0.2) is 26.6 Å². The first kappa shape index (κ1) is 19.0. The number of hydrogen-bond donors (Lipinski definition) is 0. The van der Waals surface area contributed by atoms with E-state index in [0.29, 0.717) is 33.9 Å². The summed E-state index contributed by atoms with van der Waals surface area (Å²) in [6.07, 6.45) is 3.33. The van der Waals surface area contributed by atoms with E-state index >= 15 is 0 Å². The molecule has 0 radical (unpaired) electrons. The lowest BCUT2D eigenvalue weighted by molar-refractivity contribution is 0.415. The van der Waals surface area contributed by atoms with Crippen LogP contribution in [0.4, 0.5) is 4.39 Å². The average Bonchev–Trinajstić information content (AvgIpc) is 3.37. The van der Waals surface area contributed by atoms with E-state index in [9.17, 15) is 4.39 Å². The Morgan fingerprint density at radius 3 is 2.58 bits per heavy atom. The molecule has 0 unspecified atom stereocenters. The fraction of sp³-hybridized carbons (Fsp3) is 0.125. The fourth-order valence-corrected chi connectivity index (χ4v) is 3.67. The lowest BCUT2D eigenvalue weighted by Gasteiger charge is -2.05. The summed E-state index contributed by atoms with van der Waals surface area (Å²) in [4.78, 5) is 13.4. The maximum Gasteiger partial charge on any atom is 0.191 e. The predicted molar refractivity (Wildman–Crippen MR) is 116 cm³/mol. The molecule has 0 bridgehead atoms. The highest BCUT2D eigenvalue weighted by Crippen LogP contribution is 2.33. The first-order valence-corrected chi connectivity index (χ1v) is 9.73. The summed E-state index contributed by atoms with van der Waals surface area (Å²) in [6, 6.07) is 14.3. The van der Waals surface area contributed by atoms with E-state index in [2.05, 4.69) is 9.97 Å². The van der Waals surface area contributed by atoms with Crippen LogP contribution in [0.15, 0.2) is 65.3 Å². The van der Waals surface area contributed by atoms with Gasteiger partial charge >= 0.3 is 0 Å². The largest absolute Gasteiger partial charge is 0.497 e. The minimum atomic E-state index is -0.336. The summed E-state index contributed by atoms with van der Waals surface area (Å²) in [5.74, 6) is 2.29. The van der Waals surface area contributed by atoms with E-state index in [0.717, 1.165) is 22.7 Å².